The Morgan fingerprint density at radius 2 is 2.09 bits per heavy atom. The van der Waals surface area contributed by atoms with Crippen molar-refractivity contribution in [2.45, 2.75) is 26.4 Å². The Morgan fingerprint density at radius 3 is 2.09 bits per heavy atom. The van der Waals surface area contributed by atoms with Gasteiger partial charge in [-0.15, -0.1) is 6.58 Å². The zero-order valence-corrected chi connectivity index (χ0v) is 7.33. The zero-order valence-electron chi connectivity index (χ0n) is 7.33. The van der Waals surface area contributed by atoms with Gasteiger partial charge in [-0.25, -0.2) is 0 Å². The Labute approximate surface area is 68.9 Å². The molecular formula is C9H18O2. The van der Waals surface area contributed by atoms with E-state index >= 15 is 0 Å². The maximum atomic E-state index is 8.48. The van der Waals surface area contributed by atoms with Gasteiger partial charge in [-0.2, -0.15) is 0 Å². The second-order valence-corrected chi connectivity index (χ2v) is 2.13. The van der Waals surface area contributed by atoms with Gasteiger partial charge in [-0.3, -0.25) is 0 Å². The number of allylic oxidation sites excluding steroid dienone is 1. The lowest BCUT2D eigenvalue weighted by atomic mass is 10.3. The maximum Gasteiger partial charge on any atom is 0.0612 e. The van der Waals surface area contributed by atoms with E-state index in [-0.39, 0.29) is 12.7 Å². The highest BCUT2D eigenvalue weighted by Gasteiger charge is 1.84. The van der Waals surface area contributed by atoms with E-state index in [1.54, 1.807) is 25.2 Å². The van der Waals surface area contributed by atoms with Crippen molar-refractivity contribution >= 4 is 0 Å². The van der Waals surface area contributed by atoms with E-state index in [9.17, 15) is 0 Å². The van der Waals surface area contributed by atoms with Crippen LogP contribution in [-0.4, -0.2) is 22.9 Å². The number of hydrogen-bond acceptors (Lipinski definition) is 2. The van der Waals surface area contributed by atoms with Gasteiger partial charge in [-0.05, 0) is 20.3 Å². The Morgan fingerprint density at radius 1 is 1.55 bits per heavy atom. The van der Waals surface area contributed by atoms with Crippen molar-refractivity contribution in [2.75, 3.05) is 6.61 Å². The summed E-state index contributed by atoms with van der Waals surface area (Å²) in [5, 5.41) is 16.5. The normalized spacial score (nSPS) is 12.0. The molecule has 0 heterocycles. The summed E-state index contributed by atoms with van der Waals surface area (Å²) in [6, 6.07) is 0. The molecule has 0 aliphatic heterocycles. The SMILES string of the molecule is C/C=C/CO.C=CCC(C)O. The van der Waals surface area contributed by atoms with E-state index in [1.807, 2.05) is 6.92 Å². The monoisotopic (exact) mass is 158 g/mol. The molecule has 0 aromatic rings. The summed E-state index contributed by atoms with van der Waals surface area (Å²) in [5.41, 5.74) is 0. The largest absolute Gasteiger partial charge is 0.393 e. The third kappa shape index (κ3) is 26.6. The first-order valence-electron chi connectivity index (χ1n) is 3.70. The molecule has 2 heteroatoms. The van der Waals surface area contributed by atoms with Crippen molar-refractivity contribution in [3.8, 4) is 0 Å². The summed E-state index contributed by atoms with van der Waals surface area (Å²) in [6.07, 6.45) is 5.66. The molecule has 0 aliphatic rings. The quantitative estimate of drug-likeness (QED) is 0.611. The van der Waals surface area contributed by atoms with Crippen molar-refractivity contribution < 1.29 is 10.2 Å². The van der Waals surface area contributed by atoms with Gasteiger partial charge < -0.3 is 10.2 Å². The minimum atomic E-state index is -0.220. The van der Waals surface area contributed by atoms with Crippen LogP contribution in [0.3, 0.4) is 0 Å². The fraction of sp³-hybridized carbons (Fsp3) is 0.556. The van der Waals surface area contributed by atoms with Crippen LogP contribution in [-0.2, 0) is 0 Å². The van der Waals surface area contributed by atoms with Crippen molar-refractivity contribution in [2.24, 2.45) is 0 Å². The molecule has 0 spiro atoms. The highest BCUT2D eigenvalue weighted by Crippen LogP contribution is 1.85. The smallest absolute Gasteiger partial charge is 0.0612 e. The lowest BCUT2D eigenvalue weighted by Crippen LogP contribution is -1.94. The zero-order chi connectivity index (χ0) is 9.11. The summed E-state index contributed by atoms with van der Waals surface area (Å²) in [4.78, 5) is 0. The predicted octanol–water partition coefficient (Wildman–Crippen LogP) is 1.50. The minimum Gasteiger partial charge on any atom is -0.393 e. The number of hydrogen-bond donors (Lipinski definition) is 2. The average molecular weight is 158 g/mol. The third-order valence-corrected chi connectivity index (χ3v) is 0.849. The summed E-state index contributed by atoms with van der Waals surface area (Å²) in [7, 11) is 0. The highest BCUT2D eigenvalue weighted by molar-refractivity contribution is 4.74. The lowest BCUT2D eigenvalue weighted by Gasteiger charge is -1.92. The van der Waals surface area contributed by atoms with Crippen LogP contribution in [0.25, 0.3) is 0 Å². The molecule has 2 nitrogen and oxygen atoms in total. The minimum absolute atomic E-state index is 0.163. The van der Waals surface area contributed by atoms with Gasteiger partial charge in [0.05, 0.1) is 12.7 Å². The van der Waals surface area contributed by atoms with Crippen LogP contribution < -0.4 is 0 Å². The molecule has 11 heavy (non-hydrogen) atoms. The van der Waals surface area contributed by atoms with E-state index in [0.717, 1.165) is 0 Å². The Bertz CT molecular complexity index is 95.7. The molecule has 0 aliphatic carbocycles. The number of aliphatic hydroxyl groups is 2. The third-order valence-electron chi connectivity index (χ3n) is 0.849. The van der Waals surface area contributed by atoms with Gasteiger partial charge in [-0.1, -0.05) is 18.2 Å². The van der Waals surface area contributed by atoms with Crippen LogP contribution in [0.2, 0.25) is 0 Å². The molecule has 0 aromatic carbocycles. The van der Waals surface area contributed by atoms with Gasteiger partial charge in [0.25, 0.3) is 0 Å². The Kier molecular flexibility index (Phi) is 14.3. The van der Waals surface area contributed by atoms with E-state index in [1.165, 1.54) is 0 Å². The Hall–Kier alpha value is -0.600. The van der Waals surface area contributed by atoms with Gasteiger partial charge in [0.15, 0.2) is 0 Å². The molecule has 66 valence electrons. The first kappa shape index (κ1) is 13.0. The van der Waals surface area contributed by atoms with Gasteiger partial charge >= 0.3 is 0 Å². The molecule has 1 unspecified atom stereocenters. The topological polar surface area (TPSA) is 40.5 Å². The maximum absolute atomic E-state index is 8.48. The van der Waals surface area contributed by atoms with E-state index in [0.29, 0.717) is 6.42 Å². The van der Waals surface area contributed by atoms with Crippen molar-refractivity contribution in [3.05, 3.63) is 24.8 Å². The first-order chi connectivity index (χ1) is 5.18. The summed E-state index contributed by atoms with van der Waals surface area (Å²) < 4.78 is 0. The van der Waals surface area contributed by atoms with Crippen LogP contribution in [0.1, 0.15) is 20.3 Å². The number of rotatable bonds is 3. The fourth-order valence-corrected chi connectivity index (χ4v) is 0.347. The molecule has 0 radical (unpaired) electrons. The summed E-state index contributed by atoms with van der Waals surface area (Å²) >= 11 is 0. The van der Waals surface area contributed by atoms with E-state index in [4.69, 9.17) is 10.2 Å². The van der Waals surface area contributed by atoms with Crippen LogP contribution >= 0.6 is 0 Å². The van der Waals surface area contributed by atoms with E-state index < -0.39 is 0 Å². The summed E-state index contributed by atoms with van der Waals surface area (Å²) in [5.74, 6) is 0. The van der Waals surface area contributed by atoms with Gasteiger partial charge in [0, 0.05) is 0 Å². The molecule has 0 aromatic heterocycles. The van der Waals surface area contributed by atoms with Crippen LogP contribution in [0.15, 0.2) is 24.8 Å². The van der Waals surface area contributed by atoms with Crippen molar-refractivity contribution in [1.82, 2.24) is 0 Å². The molecule has 0 rings (SSSR count). The Balaban J connectivity index is 0. The predicted molar refractivity (Wildman–Crippen MR) is 48.4 cm³/mol. The average Bonchev–Trinajstić information content (AvgIpc) is 1.90. The lowest BCUT2D eigenvalue weighted by molar-refractivity contribution is 0.198. The highest BCUT2D eigenvalue weighted by atomic mass is 16.3. The second-order valence-electron chi connectivity index (χ2n) is 2.13. The van der Waals surface area contributed by atoms with Gasteiger partial charge in [0.1, 0.15) is 0 Å². The standard InChI is InChI=1S/C5H10O.C4H8O/c1-3-4-5(2)6;1-2-3-4-5/h3,5-6H,1,4H2,2H3;2-3,5H,4H2,1H3/b;3-2+. The molecular weight excluding hydrogens is 140 g/mol. The molecule has 0 bridgehead atoms. The molecule has 0 amide bonds. The van der Waals surface area contributed by atoms with Crippen LogP contribution in [0.4, 0.5) is 0 Å². The molecule has 0 saturated carbocycles. The van der Waals surface area contributed by atoms with Crippen LogP contribution in [0, 0.1) is 0 Å². The fourth-order valence-electron chi connectivity index (χ4n) is 0.347. The van der Waals surface area contributed by atoms with Crippen LogP contribution in [0.5, 0.6) is 0 Å². The van der Waals surface area contributed by atoms with Gasteiger partial charge in [0.2, 0.25) is 0 Å². The molecule has 0 fully saturated rings. The van der Waals surface area contributed by atoms with Crippen molar-refractivity contribution in [1.29, 1.82) is 0 Å². The van der Waals surface area contributed by atoms with Crippen molar-refractivity contribution in [3.63, 3.8) is 0 Å². The number of aliphatic hydroxyl groups excluding tert-OH is 2. The molecule has 0 saturated heterocycles. The van der Waals surface area contributed by atoms with E-state index in [2.05, 4.69) is 6.58 Å². The summed E-state index contributed by atoms with van der Waals surface area (Å²) in [6.45, 7) is 7.21. The molecule has 2 N–H and O–H groups in total. The second kappa shape index (κ2) is 12.1. The first-order valence-corrected chi connectivity index (χ1v) is 3.70. The molecule has 1 atom stereocenters.